The van der Waals surface area contributed by atoms with Gasteiger partial charge >= 0.3 is 0 Å². The Balaban J connectivity index is 2.04. The van der Waals surface area contributed by atoms with Gasteiger partial charge in [0.25, 0.3) is 0 Å². The molecule has 0 amide bonds. The van der Waals surface area contributed by atoms with Crippen LogP contribution in [0.2, 0.25) is 0 Å². The molecule has 0 spiro atoms. The van der Waals surface area contributed by atoms with Gasteiger partial charge in [0.2, 0.25) is 0 Å². The summed E-state index contributed by atoms with van der Waals surface area (Å²) >= 11 is 0. The van der Waals surface area contributed by atoms with Gasteiger partial charge in [0, 0.05) is 6.54 Å². The van der Waals surface area contributed by atoms with Crippen molar-refractivity contribution in [2.45, 2.75) is 33.4 Å². The number of aryl methyl sites for hydroxylation is 2. The van der Waals surface area contributed by atoms with Crippen LogP contribution in [0, 0.1) is 12.7 Å². The summed E-state index contributed by atoms with van der Waals surface area (Å²) in [5.41, 5.74) is 0.775. The highest BCUT2D eigenvalue weighted by atomic mass is 19.1. The molecule has 1 aromatic heterocycles. The summed E-state index contributed by atoms with van der Waals surface area (Å²) in [7, 11) is 0. The molecule has 0 aliphatic carbocycles. The number of rotatable bonds is 5. The molecule has 2 rings (SSSR count). The molecule has 0 saturated carbocycles. The summed E-state index contributed by atoms with van der Waals surface area (Å²) in [5, 5.41) is 4.12. The Morgan fingerprint density at radius 2 is 2.22 bits per heavy atom. The van der Waals surface area contributed by atoms with E-state index in [1.54, 1.807) is 6.07 Å². The number of hydrogen-bond donors (Lipinski definition) is 0. The lowest BCUT2D eigenvalue weighted by molar-refractivity contribution is 0.284. The van der Waals surface area contributed by atoms with Crippen LogP contribution in [0.25, 0.3) is 0 Å². The molecule has 0 unspecified atom stereocenters. The Kier molecular flexibility index (Phi) is 3.92. The molecule has 0 bridgehead atoms. The van der Waals surface area contributed by atoms with Crippen molar-refractivity contribution in [1.82, 2.24) is 14.8 Å². The molecule has 0 atom stereocenters. The zero-order chi connectivity index (χ0) is 13.0. The number of nitrogens with zero attached hydrogens (tertiary/aromatic N) is 3. The molecule has 4 nitrogen and oxygen atoms in total. The highest BCUT2D eigenvalue weighted by Crippen LogP contribution is 2.19. The Labute approximate surface area is 105 Å². The first-order valence-corrected chi connectivity index (χ1v) is 5.96. The molecule has 18 heavy (non-hydrogen) atoms. The van der Waals surface area contributed by atoms with Gasteiger partial charge in [0.15, 0.2) is 5.82 Å². The van der Waals surface area contributed by atoms with Crippen LogP contribution >= 0.6 is 0 Å². The average molecular weight is 249 g/mol. The summed E-state index contributed by atoms with van der Waals surface area (Å²) in [6.07, 6.45) is 2.51. The molecule has 2 aromatic rings. The Bertz CT molecular complexity index is 525. The van der Waals surface area contributed by atoms with Crippen molar-refractivity contribution in [3.8, 4) is 5.75 Å². The lowest BCUT2D eigenvalue weighted by Crippen LogP contribution is -2.08. The van der Waals surface area contributed by atoms with E-state index in [-0.39, 0.29) is 5.82 Å². The van der Waals surface area contributed by atoms with Crippen LogP contribution in [0.15, 0.2) is 24.5 Å². The zero-order valence-corrected chi connectivity index (χ0v) is 10.6. The highest BCUT2D eigenvalue weighted by Gasteiger charge is 2.06. The van der Waals surface area contributed by atoms with E-state index in [9.17, 15) is 4.39 Å². The summed E-state index contributed by atoms with van der Waals surface area (Å²) in [4.78, 5) is 4.15. The van der Waals surface area contributed by atoms with Crippen LogP contribution in [-0.4, -0.2) is 14.8 Å². The van der Waals surface area contributed by atoms with Gasteiger partial charge in [-0.05, 0) is 37.1 Å². The zero-order valence-electron chi connectivity index (χ0n) is 10.6. The van der Waals surface area contributed by atoms with Gasteiger partial charge in [-0.25, -0.2) is 14.1 Å². The highest BCUT2D eigenvalue weighted by molar-refractivity contribution is 5.32. The van der Waals surface area contributed by atoms with E-state index in [1.807, 2.05) is 11.6 Å². The van der Waals surface area contributed by atoms with Gasteiger partial charge in [0.05, 0.1) is 0 Å². The predicted molar refractivity (Wildman–Crippen MR) is 65.8 cm³/mol. The smallest absolute Gasteiger partial charge is 0.164 e. The van der Waals surface area contributed by atoms with Crippen LogP contribution in [0.5, 0.6) is 5.75 Å². The number of benzene rings is 1. The molecule has 0 aliphatic rings. The van der Waals surface area contributed by atoms with E-state index in [0.29, 0.717) is 12.4 Å². The minimum absolute atomic E-state index is 0.256. The second kappa shape index (κ2) is 5.62. The van der Waals surface area contributed by atoms with Crippen molar-refractivity contribution in [3.63, 3.8) is 0 Å². The molecule has 0 fully saturated rings. The van der Waals surface area contributed by atoms with Crippen LogP contribution in [-0.2, 0) is 13.2 Å². The second-order valence-corrected chi connectivity index (χ2v) is 4.10. The third-order valence-electron chi connectivity index (χ3n) is 2.62. The van der Waals surface area contributed by atoms with Crippen LogP contribution in [0.4, 0.5) is 4.39 Å². The fourth-order valence-electron chi connectivity index (χ4n) is 1.72. The molecule has 1 heterocycles. The SMILES string of the molecule is CCCn1ncnc1COc1ccc(F)cc1C. The number of halogens is 1. The molecule has 96 valence electrons. The van der Waals surface area contributed by atoms with Gasteiger partial charge in [-0.2, -0.15) is 5.10 Å². The van der Waals surface area contributed by atoms with E-state index in [2.05, 4.69) is 17.0 Å². The summed E-state index contributed by atoms with van der Waals surface area (Å²) in [6, 6.07) is 4.47. The summed E-state index contributed by atoms with van der Waals surface area (Å²) in [6.45, 7) is 5.05. The van der Waals surface area contributed by atoms with Crippen molar-refractivity contribution in [2.75, 3.05) is 0 Å². The molecule has 0 N–H and O–H groups in total. The van der Waals surface area contributed by atoms with E-state index >= 15 is 0 Å². The quantitative estimate of drug-likeness (QED) is 0.818. The maximum absolute atomic E-state index is 12.9. The fourth-order valence-corrected chi connectivity index (χ4v) is 1.72. The van der Waals surface area contributed by atoms with Gasteiger partial charge in [-0.15, -0.1) is 0 Å². The first-order valence-electron chi connectivity index (χ1n) is 5.96. The minimum atomic E-state index is -0.256. The topological polar surface area (TPSA) is 39.9 Å². The van der Waals surface area contributed by atoms with E-state index in [1.165, 1.54) is 18.5 Å². The monoisotopic (exact) mass is 249 g/mol. The largest absolute Gasteiger partial charge is 0.485 e. The third kappa shape index (κ3) is 2.85. The Morgan fingerprint density at radius 1 is 1.39 bits per heavy atom. The normalized spacial score (nSPS) is 10.6. The minimum Gasteiger partial charge on any atom is -0.485 e. The lowest BCUT2D eigenvalue weighted by Gasteiger charge is -2.09. The number of ether oxygens (including phenoxy) is 1. The van der Waals surface area contributed by atoms with Crippen molar-refractivity contribution in [2.24, 2.45) is 0 Å². The summed E-state index contributed by atoms with van der Waals surface area (Å²) in [5.74, 6) is 1.19. The Hall–Kier alpha value is -1.91. The Morgan fingerprint density at radius 3 is 2.94 bits per heavy atom. The third-order valence-corrected chi connectivity index (χ3v) is 2.62. The van der Waals surface area contributed by atoms with Crippen molar-refractivity contribution in [1.29, 1.82) is 0 Å². The van der Waals surface area contributed by atoms with Crippen LogP contribution in [0.1, 0.15) is 24.7 Å². The molecule has 5 heteroatoms. The maximum Gasteiger partial charge on any atom is 0.164 e. The molecule has 0 saturated heterocycles. The molecule has 0 aliphatic heterocycles. The first kappa shape index (κ1) is 12.5. The van der Waals surface area contributed by atoms with Gasteiger partial charge < -0.3 is 4.74 Å². The summed E-state index contributed by atoms with van der Waals surface area (Å²) < 4.78 is 20.4. The number of aromatic nitrogens is 3. The predicted octanol–water partition coefficient (Wildman–Crippen LogP) is 2.71. The van der Waals surface area contributed by atoms with Gasteiger partial charge in [-0.1, -0.05) is 6.92 Å². The molecular formula is C13H16FN3O. The maximum atomic E-state index is 12.9. The van der Waals surface area contributed by atoms with Gasteiger partial charge in [-0.3, -0.25) is 0 Å². The lowest BCUT2D eigenvalue weighted by atomic mass is 10.2. The van der Waals surface area contributed by atoms with Gasteiger partial charge in [0.1, 0.15) is 24.5 Å². The second-order valence-electron chi connectivity index (χ2n) is 4.10. The molecule has 1 aromatic carbocycles. The molecule has 0 radical (unpaired) electrons. The van der Waals surface area contributed by atoms with E-state index < -0.39 is 0 Å². The number of hydrogen-bond acceptors (Lipinski definition) is 3. The fraction of sp³-hybridized carbons (Fsp3) is 0.385. The van der Waals surface area contributed by atoms with Crippen molar-refractivity contribution in [3.05, 3.63) is 41.7 Å². The van der Waals surface area contributed by atoms with E-state index in [4.69, 9.17) is 4.74 Å². The van der Waals surface area contributed by atoms with Crippen molar-refractivity contribution >= 4 is 0 Å². The van der Waals surface area contributed by atoms with Crippen molar-refractivity contribution < 1.29 is 9.13 Å². The first-order chi connectivity index (χ1) is 8.70. The standard InChI is InChI=1S/C13H16FN3O/c1-3-6-17-13(15-9-16-17)8-18-12-5-4-11(14)7-10(12)2/h4-5,7,9H,3,6,8H2,1-2H3. The molecular weight excluding hydrogens is 233 g/mol. The average Bonchev–Trinajstić information content (AvgIpc) is 2.76. The van der Waals surface area contributed by atoms with E-state index in [0.717, 1.165) is 24.4 Å². The van der Waals surface area contributed by atoms with Crippen LogP contribution in [0.3, 0.4) is 0 Å². The van der Waals surface area contributed by atoms with Crippen LogP contribution < -0.4 is 4.74 Å².